The highest BCUT2D eigenvalue weighted by Crippen LogP contribution is 2.25. The van der Waals surface area contributed by atoms with E-state index in [2.05, 4.69) is 16.8 Å². The van der Waals surface area contributed by atoms with E-state index in [1.165, 1.54) is 6.42 Å². The van der Waals surface area contributed by atoms with Crippen LogP contribution in [0.2, 0.25) is 0 Å². The number of anilines is 1. The average molecular weight is 206 g/mol. The molecule has 0 unspecified atom stereocenters. The highest BCUT2D eigenvalue weighted by Gasteiger charge is 2.25. The summed E-state index contributed by atoms with van der Waals surface area (Å²) >= 11 is 0. The third kappa shape index (κ3) is 1.93. The summed E-state index contributed by atoms with van der Waals surface area (Å²) in [6.45, 7) is 4.31. The van der Waals surface area contributed by atoms with E-state index < -0.39 is 5.97 Å². The first-order chi connectivity index (χ1) is 7.20. The van der Waals surface area contributed by atoms with E-state index in [4.69, 9.17) is 5.11 Å². The van der Waals surface area contributed by atoms with Gasteiger partial charge in [0.05, 0.1) is 11.9 Å². The van der Waals surface area contributed by atoms with Gasteiger partial charge in [-0.2, -0.15) is 0 Å². The van der Waals surface area contributed by atoms with Gasteiger partial charge in [0.1, 0.15) is 5.69 Å². The highest BCUT2D eigenvalue weighted by atomic mass is 16.4. The summed E-state index contributed by atoms with van der Waals surface area (Å²) in [7, 11) is 0. The van der Waals surface area contributed by atoms with Crippen molar-refractivity contribution in [2.24, 2.45) is 5.92 Å². The smallest absolute Gasteiger partial charge is 0.354 e. The van der Waals surface area contributed by atoms with Crippen LogP contribution >= 0.6 is 0 Å². The molecular formula is C11H14N2O2. The minimum atomic E-state index is -0.975. The van der Waals surface area contributed by atoms with Gasteiger partial charge < -0.3 is 10.0 Å². The molecule has 4 heteroatoms. The monoisotopic (exact) mass is 206 g/mol. The molecule has 0 atom stereocenters. The lowest BCUT2D eigenvalue weighted by atomic mass is 9.97. The first-order valence-corrected chi connectivity index (χ1v) is 5.15. The van der Waals surface area contributed by atoms with E-state index in [1.54, 1.807) is 12.3 Å². The quantitative estimate of drug-likeness (QED) is 0.816. The lowest BCUT2D eigenvalue weighted by Crippen LogP contribution is -2.46. The molecule has 4 nitrogen and oxygen atoms in total. The molecule has 1 N–H and O–H groups in total. The molecule has 1 fully saturated rings. The molecule has 1 aromatic heterocycles. The standard InChI is InChI=1S/C11H14N2O2/c1-2-8-6-13(7-8)9-3-4-10(11(14)15)12-5-9/h3-5,8H,2,6-7H2,1H3,(H,14,15). The van der Waals surface area contributed by atoms with E-state index in [1.807, 2.05) is 6.07 Å². The van der Waals surface area contributed by atoms with Crippen molar-refractivity contribution in [1.82, 2.24) is 4.98 Å². The normalized spacial score (nSPS) is 16.2. The van der Waals surface area contributed by atoms with Crippen molar-refractivity contribution in [1.29, 1.82) is 0 Å². The number of aromatic carboxylic acids is 1. The zero-order chi connectivity index (χ0) is 10.8. The van der Waals surface area contributed by atoms with Gasteiger partial charge in [-0.05, 0) is 24.5 Å². The number of hydrogen-bond acceptors (Lipinski definition) is 3. The molecule has 1 aliphatic heterocycles. The molecule has 1 saturated heterocycles. The highest BCUT2D eigenvalue weighted by molar-refractivity contribution is 5.85. The number of pyridine rings is 1. The van der Waals surface area contributed by atoms with E-state index in [0.717, 1.165) is 24.7 Å². The molecule has 1 aromatic rings. The Morgan fingerprint density at radius 3 is 2.80 bits per heavy atom. The fraction of sp³-hybridized carbons (Fsp3) is 0.455. The maximum Gasteiger partial charge on any atom is 0.354 e. The fourth-order valence-electron chi connectivity index (χ4n) is 1.74. The van der Waals surface area contributed by atoms with E-state index >= 15 is 0 Å². The molecule has 0 bridgehead atoms. The summed E-state index contributed by atoms with van der Waals surface area (Å²) in [5.41, 5.74) is 1.12. The van der Waals surface area contributed by atoms with Crippen LogP contribution in [0.3, 0.4) is 0 Å². The van der Waals surface area contributed by atoms with Crippen molar-refractivity contribution in [2.45, 2.75) is 13.3 Å². The topological polar surface area (TPSA) is 53.4 Å². The van der Waals surface area contributed by atoms with Crippen LogP contribution in [-0.2, 0) is 0 Å². The number of rotatable bonds is 3. The summed E-state index contributed by atoms with van der Waals surface area (Å²) in [6, 6.07) is 3.37. The van der Waals surface area contributed by atoms with Crippen molar-refractivity contribution < 1.29 is 9.90 Å². The summed E-state index contributed by atoms with van der Waals surface area (Å²) < 4.78 is 0. The largest absolute Gasteiger partial charge is 0.477 e. The lowest BCUT2D eigenvalue weighted by Gasteiger charge is -2.40. The molecule has 80 valence electrons. The van der Waals surface area contributed by atoms with Crippen molar-refractivity contribution >= 4 is 11.7 Å². The Morgan fingerprint density at radius 1 is 1.60 bits per heavy atom. The predicted octanol–water partition coefficient (Wildman–Crippen LogP) is 1.63. The Morgan fingerprint density at radius 2 is 2.33 bits per heavy atom. The van der Waals surface area contributed by atoms with Gasteiger partial charge in [-0.3, -0.25) is 0 Å². The van der Waals surface area contributed by atoms with Crippen LogP contribution in [0.4, 0.5) is 5.69 Å². The number of hydrogen-bond donors (Lipinski definition) is 1. The Kier molecular flexibility index (Phi) is 2.58. The van der Waals surface area contributed by atoms with Crippen LogP contribution in [0.5, 0.6) is 0 Å². The number of aromatic nitrogens is 1. The van der Waals surface area contributed by atoms with E-state index in [-0.39, 0.29) is 5.69 Å². The minimum absolute atomic E-state index is 0.103. The van der Waals surface area contributed by atoms with Crippen LogP contribution in [0.1, 0.15) is 23.8 Å². The maximum atomic E-state index is 10.6. The van der Waals surface area contributed by atoms with Crippen molar-refractivity contribution in [2.75, 3.05) is 18.0 Å². The summed E-state index contributed by atoms with van der Waals surface area (Å²) in [5.74, 6) is -0.194. The van der Waals surface area contributed by atoms with Crippen molar-refractivity contribution in [3.8, 4) is 0 Å². The Balaban J connectivity index is 2.02. The van der Waals surface area contributed by atoms with Gasteiger partial charge in [0, 0.05) is 13.1 Å². The van der Waals surface area contributed by atoms with Gasteiger partial charge in [-0.15, -0.1) is 0 Å². The Hall–Kier alpha value is -1.58. The number of carbonyl (C=O) groups is 1. The molecule has 2 rings (SSSR count). The van der Waals surface area contributed by atoms with Crippen LogP contribution < -0.4 is 4.90 Å². The second-order valence-corrected chi connectivity index (χ2v) is 3.89. The maximum absolute atomic E-state index is 10.6. The summed E-state index contributed by atoms with van der Waals surface area (Å²) in [5, 5.41) is 8.69. The average Bonchev–Trinajstić information content (AvgIpc) is 2.17. The predicted molar refractivity (Wildman–Crippen MR) is 57.2 cm³/mol. The fourth-order valence-corrected chi connectivity index (χ4v) is 1.74. The molecule has 1 aliphatic rings. The second kappa shape index (κ2) is 3.88. The second-order valence-electron chi connectivity index (χ2n) is 3.89. The van der Waals surface area contributed by atoms with Crippen LogP contribution in [0.15, 0.2) is 18.3 Å². The van der Waals surface area contributed by atoms with Gasteiger partial charge in [-0.1, -0.05) is 6.92 Å². The minimum Gasteiger partial charge on any atom is -0.477 e. The third-order valence-electron chi connectivity index (χ3n) is 2.87. The molecule has 0 saturated carbocycles. The molecule has 0 aromatic carbocycles. The molecule has 15 heavy (non-hydrogen) atoms. The van der Waals surface area contributed by atoms with Crippen molar-refractivity contribution in [3.05, 3.63) is 24.0 Å². The van der Waals surface area contributed by atoms with E-state index in [0.29, 0.717) is 0 Å². The van der Waals surface area contributed by atoms with Crippen LogP contribution in [-0.4, -0.2) is 29.1 Å². The molecule has 0 spiro atoms. The zero-order valence-electron chi connectivity index (χ0n) is 8.68. The number of carboxylic acids is 1. The first-order valence-electron chi connectivity index (χ1n) is 5.15. The van der Waals surface area contributed by atoms with Gasteiger partial charge in [0.15, 0.2) is 0 Å². The first kappa shape index (κ1) is 9.96. The lowest BCUT2D eigenvalue weighted by molar-refractivity contribution is 0.0690. The molecule has 0 amide bonds. The van der Waals surface area contributed by atoms with Crippen LogP contribution in [0.25, 0.3) is 0 Å². The zero-order valence-corrected chi connectivity index (χ0v) is 8.68. The van der Waals surface area contributed by atoms with Gasteiger partial charge in [0.2, 0.25) is 0 Å². The van der Waals surface area contributed by atoms with Gasteiger partial charge >= 0.3 is 5.97 Å². The summed E-state index contributed by atoms with van der Waals surface area (Å²) in [6.07, 6.45) is 2.84. The molecule has 0 aliphatic carbocycles. The van der Waals surface area contributed by atoms with Gasteiger partial charge in [-0.25, -0.2) is 9.78 Å². The van der Waals surface area contributed by atoms with Crippen molar-refractivity contribution in [3.63, 3.8) is 0 Å². The SMILES string of the molecule is CCC1CN(c2ccc(C(=O)O)nc2)C1. The van der Waals surface area contributed by atoms with Gasteiger partial charge in [0.25, 0.3) is 0 Å². The van der Waals surface area contributed by atoms with Crippen LogP contribution in [0, 0.1) is 5.92 Å². The Bertz CT molecular complexity index is 355. The van der Waals surface area contributed by atoms with E-state index in [9.17, 15) is 4.79 Å². The number of nitrogens with zero attached hydrogens (tertiary/aromatic N) is 2. The number of carboxylic acid groups (broad SMARTS) is 1. The molecule has 2 heterocycles. The molecule has 0 radical (unpaired) electrons. The summed E-state index contributed by atoms with van der Waals surface area (Å²) in [4.78, 5) is 16.7. The molecular weight excluding hydrogens is 192 g/mol. The Labute approximate surface area is 88.6 Å². The third-order valence-corrected chi connectivity index (χ3v) is 2.87.